The minimum atomic E-state index is -0.814. The number of fused-ring (bicyclic) bond motifs is 5. The Balaban J connectivity index is 1.76. The molecule has 0 aromatic carbocycles. The molecule has 4 rings (SSSR count). The van der Waals surface area contributed by atoms with Gasteiger partial charge >= 0.3 is 5.97 Å². The maximum absolute atomic E-state index is 12.3. The third kappa shape index (κ3) is 1.87. The third-order valence-electron chi connectivity index (χ3n) is 7.82. The lowest BCUT2D eigenvalue weighted by atomic mass is 9.47. The summed E-state index contributed by atoms with van der Waals surface area (Å²) in [5.41, 5.74) is 0.0304. The second-order valence-electron chi connectivity index (χ2n) is 8.47. The van der Waals surface area contributed by atoms with E-state index in [1.54, 1.807) is 6.08 Å². The number of carbonyl (C=O) groups is 2. The van der Waals surface area contributed by atoms with E-state index >= 15 is 0 Å². The lowest BCUT2D eigenvalue weighted by molar-refractivity contribution is -0.160. The van der Waals surface area contributed by atoms with Gasteiger partial charge in [-0.15, -0.1) is 0 Å². The van der Waals surface area contributed by atoms with Gasteiger partial charge in [0, 0.05) is 6.42 Å². The van der Waals surface area contributed by atoms with Crippen molar-refractivity contribution in [3.05, 3.63) is 11.6 Å². The SMILES string of the molecule is C[C@]12CC[C@H]3[C@@H](CCC4=CC(=O)CC[C@@]43C(=O)O)[C@@H]1CC[C@@H]2O. The maximum Gasteiger partial charge on any atom is 0.314 e. The second kappa shape index (κ2) is 4.92. The number of aliphatic hydroxyl groups excluding tert-OH is 1. The summed E-state index contributed by atoms with van der Waals surface area (Å²) in [6.45, 7) is 2.20. The molecule has 126 valence electrons. The number of hydrogen-bond acceptors (Lipinski definition) is 3. The van der Waals surface area contributed by atoms with Gasteiger partial charge in [0.25, 0.3) is 0 Å². The van der Waals surface area contributed by atoms with Gasteiger partial charge < -0.3 is 10.2 Å². The molecular weight excluding hydrogens is 292 g/mol. The highest BCUT2D eigenvalue weighted by Gasteiger charge is 2.62. The standard InChI is InChI=1S/C19H26O4/c1-18-8-7-15-13(14(18)4-5-16(18)21)3-2-11-10-12(20)6-9-19(11,15)17(22)23/h10,13-16,21H,2-9H2,1H3,(H,22,23)/t13-,14-,15-,16-,18-,19+/m0/s1. The molecule has 0 aliphatic heterocycles. The lowest BCUT2D eigenvalue weighted by Gasteiger charge is -2.56. The smallest absolute Gasteiger partial charge is 0.314 e. The van der Waals surface area contributed by atoms with Gasteiger partial charge in [0.05, 0.1) is 11.5 Å². The highest BCUT2D eigenvalue weighted by molar-refractivity contribution is 5.95. The van der Waals surface area contributed by atoms with Crippen LogP contribution in [0.3, 0.4) is 0 Å². The fourth-order valence-electron chi connectivity index (χ4n) is 6.59. The summed E-state index contributed by atoms with van der Waals surface area (Å²) >= 11 is 0. The molecule has 0 saturated heterocycles. The Bertz CT molecular complexity index is 594. The first-order valence-corrected chi connectivity index (χ1v) is 9.05. The van der Waals surface area contributed by atoms with Crippen LogP contribution in [-0.2, 0) is 9.59 Å². The van der Waals surface area contributed by atoms with Crippen molar-refractivity contribution in [2.75, 3.05) is 0 Å². The Morgan fingerprint density at radius 3 is 2.65 bits per heavy atom. The number of carboxylic acids is 1. The Morgan fingerprint density at radius 1 is 1.13 bits per heavy atom. The Morgan fingerprint density at radius 2 is 1.91 bits per heavy atom. The van der Waals surface area contributed by atoms with Crippen LogP contribution in [0.4, 0.5) is 0 Å². The van der Waals surface area contributed by atoms with Crippen LogP contribution >= 0.6 is 0 Å². The van der Waals surface area contributed by atoms with Crippen molar-refractivity contribution in [2.24, 2.45) is 28.6 Å². The summed E-state index contributed by atoms with van der Waals surface area (Å²) in [6, 6.07) is 0. The Labute approximate surface area is 137 Å². The summed E-state index contributed by atoms with van der Waals surface area (Å²) in [5.74, 6) is 0.316. The van der Waals surface area contributed by atoms with Crippen LogP contribution in [0.15, 0.2) is 11.6 Å². The number of carboxylic acid groups (broad SMARTS) is 1. The molecule has 4 heteroatoms. The molecule has 23 heavy (non-hydrogen) atoms. The molecule has 0 radical (unpaired) electrons. The van der Waals surface area contributed by atoms with Gasteiger partial charge in [0.2, 0.25) is 0 Å². The predicted molar refractivity (Wildman–Crippen MR) is 84.7 cm³/mol. The first-order chi connectivity index (χ1) is 10.9. The molecule has 6 atom stereocenters. The topological polar surface area (TPSA) is 74.6 Å². The number of hydrogen-bond donors (Lipinski definition) is 2. The fraction of sp³-hybridized carbons (Fsp3) is 0.789. The summed E-state index contributed by atoms with van der Waals surface area (Å²) in [4.78, 5) is 24.1. The summed E-state index contributed by atoms with van der Waals surface area (Å²) < 4.78 is 0. The van der Waals surface area contributed by atoms with Crippen LogP contribution in [0.2, 0.25) is 0 Å². The summed E-state index contributed by atoms with van der Waals surface area (Å²) in [5, 5.41) is 20.5. The van der Waals surface area contributed by atoms with Gasteiger partial charge in [-0.05, 0) is 79.8 Å². The fourth-order valence-corrected chi connectivity index (χ4v) is 6.59. The van der Waals surface area contributed by atoms with Gasteiger partial charge in [0.1, 0.15) is 0 Å². The van der Waals surface area contributed by atoms with Gasteiger partial charge in [-0.3, -0.25) is 9.59 Å². The molecule has 0 heterocycles. The molecule has 0 aromatic heterocycles. The average Bonchev–Trinajstić information content (AvgIpc) is 2.82. The first-order valence-electron chi connectivity index (χ1n) is 9.05. The van der Waals surface area contributed by atoms with E-state index in [0.29, 0.717) is 24.7 Å². The molecule has 2 N–H and O–H groups in total. The minimum absolute atomic E-state index is 0.0352. The normalized spacial score (nSPS) is 49.0. The molecule has 0 aromatic rings. The van der Waals surface area contributed by atoms with Crippen molar-refractivity contribution in [3.63, 3.8) is 0 Å². The van der Waals surface area contributed by atoms with Crippen LogP contribution in [0.5, 0.6) is 0 Å². The van der Waals surface area contributed by atoms with E-state index in [2.05, 4.69) is 6.92 Å². The zero-order valence-corrected chi connectivity index (χ0v) is 13.8. The minimum Gasteiger partial charge on any atom is -0.481 e. The maximum atomic E-state index is 12.3. The molecule has 0 amide bonds. The van der Waals surface area contributed by atoms with Gasteiger partial charge in [0.15, 0.2) is 5.78 Å². The van der Waals surface area contributed by atoms with E-state index in [-0.39, 0.29) is 23.2 Å². The molecule has 3 fully saturated rings. The average molecular weight is 318 g/mol. The number of aliphatic carboxylic acids is 1. The van der Waals surface area contributed by atoms with Gasteiger partial charge in [-0.25, -0.2) is 0 Å². The highest BCUT2D eigenvalue weighted by Crippen LogP contribution is 2.65. The molecule has 3 saturated carbocycles. The van der Waals surface area contributed by atoms with Crippen LogP contribution in [0.25, 0.3) is 0 Å². The van der Waals surface area contributed by atoms with Crippen LogP contribution in [0.1, 0.15) is 58.3 Å². The Kier molecular flexibility index (Phi) is 3.29. The van der Waals surface area contributed by atoms with Crippen LogP contribution < -0.4 is 0 Å². The van der Waals surface area contributed by atoms with E-state index in [4.69, 9.17) is 0 Å². The van der Waals surface area contributed by atoms with E-state index in [1.807, 2.05) is 0 Å². The van der Waals surface area contributed by atoms with Gasteiger partial charge in [-0.2, -0.15) is 0 Å². The van der Waals surface area contributed by atoms with E-state index in [1.165, 1.54) is 0 Å². The van der Waals surface area contributed by atoms with E-state index < -0.39 is 11.4 Å². The summed E-state index contributed by atoms with van der Waals surface area (Å²) in [6.07, 6.45) is 7.61. The first kappa shape index (κ1) is 15.4. The van der Waals surface area contributed by atoms with E-state index in [0.717, 1.165) is 44.1 Å². The summed E-state index contributed by atoms with van der Waals surface area (Å²) in [7, 11) is 0. The Hall–Kier alpha value is -1.16. The molecule has 4 nitrogen and oxygen atoms in total. The van der Waals surface area contributed by atoms with Crippen molar-refractivity contribution in [1.29, 1.82) is 0 Å². The molecule has 0 spiro atoms. The number of aliphatic hydroxyl groups is 1. The second-order valence-corrected chi connectivity index (χ2v) is 8.47. The number of carbonyl (C=O) groups excluding carboxylic acids is 1. The number of ketones is 1. The molecule has 4 aliphatic carbocycles. The van der Waals surface area contributed by atoms with Crippen molar-refractivity contribution < 1.29 is 19.8 Å². The lowest BCUT2D eigenvalue weighted by Crippen LogP contribution is -2.55. The highest BCUT2D eigenvalue weighted by atomic mass is 16.4. The zero-order chi connectivity index (χ0) is 16.4. The van der Waals surface area contributed by atoms with Crippen molar-refractivity contribution in [2.45, 2.75) is 64.4 Å². The third-order valence-corrected chi connectivity index (χ3v) is 7.82. The largest absolute Gasteiger partial charge is 0.481 e. The molecule has 0 bridgehead atoms. The van der Waals surface area contributed by atoms with Crippen molar-refractivity contribution >= 4 is 11.8 Å². The molecule has 0 unspecified atom stereocenters. The zero-order valence-electron chi connectivity index (χ0n) is 13.8. The van der Waals surface area contributed by atoms with Crippen molar-refractivity contribution in [1.82, 2.24) is 0 Å². The van der Waals surface area contributed by atoms with Crippen LogP contribution in [-0.4, -0.2) is 28.1 Å². The molecular formula is C19H26O4. The van der Waals surface area contributed by atoms with Crippen molar-refractivity contribution in [3.8, 4) is 0 Å². The van der Waals surface area contributed by atoms with E-state index in [9.17, 15) is 19.8 Å². The predicted octanol–water partition coefficient (Wildman–Crippen LogP) is 2.94. The van der Waals surface area contributed by atoms with Gasteiger partial charge in [-0.1, -0.05) is 6.92 Å². The number of rotatable bonds is 1. The monoisotopic (exact) mass is 318 g/mol. The molecule has 4 aliphatic rings. The quantitative estimate of drug-likeness (QED) is 0.779. The van der Waals surface area contributed by atoms with Crippen LogP contribution in [0, 0.1) is 28.6 Å².